The van der Waals surface area contributed by atoms with Crippen molar-refractivity contribution in [1.29, 1.82) is 0 Å². The van der Waals surface area contributed by atoms with Gasteiger partial charge in [-0.2, -0.15) is 16.8 Å². The highest BCUT2D eigenvalue weighted by atomic mass is 32.2. The van der Waals surface area contributed by atoms with Gasteiger partial charge in [0, 0.05) is 16.3 Å². The van der Waals surface area contributed by atoms with E-state index in [0.717, 1.165) is 0 Å². The fourth-order valence-corrected chi connectivity index (χ4v) is 4.83. The van der Waals surface area contributed by atoms with Crippen LogP contribution in [0.15, 0.2) is 64.4 Å². The predicted octanol–water partition coefficient (Wildman–Crippen LogP) is 2.29. The SMILES string of the molecule is O=C(Nc1c(S(=O)(=O)O)c(S(=O)(=O)O)c(O)c2ccccc12)c1ccccc1. The van der Waals surface area contributed by atoms with Crippen molar-refractivity contribution in [3.05, 3.63) is 60.2 Å². The lowest BCUT2D eigenvalue weighted by molar-refractivity contribution is 0.102. The van der Waals surface area contributed by atoms with Crippen molar-refractivity contribution in [1.82, 2.24) is 0 Å². The van der Waals surface area contributed by atoms with Gasteiger partial charge in [-0.1, -0.05) is 42.5 Å². The topological polar surface area (TPSA) is 158 Å². The van der Waals surface area contributed by atoms with Crippen molar-refractivity contribution in [2.75, 3.05) is 5.32 Å². The van der Waals surface area contributed by atoms with Crippen LogP contribution in [0.3, 0.4) is 0 Å². The van der Waals surface area contributed by atoms with Crippen LogP contribution in [0.5, 0.6) is 5.75 Å². The zero-order chi connectivity index (χ0) is 20.7. The van der Waals surface area contributed by atoms with Crippen LogP contribution in [0.1, 0.15) is 10.4 Å². The van der Waals surface area contributed by atoms with E-state index in [1.54, 1.807) is 18.2 Å². The molecule has 0 heterocycles. The highest BCUT2D eigenvalue weighted by Crippen LogP contribution is 2.43. The number of carbonyl (C=O) groups excluding carboxylic acids is 1. The summed E-state index contributed by atoms with van der Waals surface area (Å²) in [5, 5.41) is 12.3. The van der Waals surface area contributed by atoms with Crippen molar-refractivity contribution < 1.29 is 35.8 Å². The number of benzene rings is 3. The van der Waals surface area contributed by atoms with Crippen molar-refractivity contribution in [2.45, 2.75) is 9.79 Å². The number of phenolic OH excluding ortho intramolecular Hbond substituents is 1. The fourth-order valence-electron chi connectivity index (χ4n) is 2.76. The quantitative estimate of drug-likeness (QED) is 0.367. The maximum absolute atomic E-state index is 12.5. The van der Waals surface area contributed by atoms with E-state index in [4.69, 9.17) is 0 Å². The standard InChI is InChI=1S/C17H13NO8S2/c19-14-12-9-5-4-8-11(12)13(18-17(20)10-6-2-1-3-7-10)15(27(21,22)23)16(14)28(24,25)26/h1-9,19H,(H,18,20)(H,21,22,23)(H,24,25,26). The van der Waals surface area contributed by atoms with Crippen LogP contribution in [-0.4, -0.2) is 37.0 Å². The van der Waals surface area contributed by atoms with Crippen LogP contribution in [0.4, 0.5) is 5.69 Å². The van der Waals surface area contributed by atoms with Crippen LogP contribution >= 0.6 is 0 Å². The lowest BCUT2D eigenvalue weighted by atomic mass is 10.1. The van der Waals surface area contributed by atoms with E-state index in [2.05, 4.69) is 5.32 Å². The molecule has 1 amide bonds. The van der Waals surface area contributed by atoms with Crippen molar-refractivity contribution >= 4 is 42.6 Å². The summed E-state index contributed by atoms with van der Waals surface area (Å²) in [6.45, 7) is 0. The molecule has 3 rings (SSSR count). The summed E-state index contributed by atoms with van der Waals surface area (Å²) in [5.41, 5.74) is -0.480. The van der Waals surface area contributed by atoms with E-state index in [1.807, 2.05) is 0 Å². The highest BCUT2D eigenvalue weighted by Gasteiger charge is 2.34. The van der Waals surface area contributed by atoms with Crippen molar-refractivity contribution in [3.63, 3.8) is 0 Å². The molecule has 28 heavy (non-hydrogen) atoms. The molecule has 0 atom stereocenters. The monoisotopic (exact) mass is 423 g/mol. The molecule has 4 N–H and O–H groups in total. The van der Waals surface area contributed by atoms with Gasteiger partial charge in [-0.15, -0.1) is 0 Å². The number of phenols is 1. The zero-order valence-electron chi connectivity index (χ0n) is 13.9. The van der Waals surface area contributed by atoms with E-state index in [9.17, 15) is 35.8 Å². The number of anilines is 1. The molecule has 0 aliphatic carbocycles. The molecule has 9 nitrogen and oxygen atoms in total. The second-order valence-corrected chi connectivity index (χ2v) is 8.41. The van der Waals surface area contributed by atoms with Gasteiger partial charge in [0.25, 0.3) is 26.1 Å². The number of hydrogen-bond donors (Lipinski definition) is 4. The van der Waals surface area contributed by atoms with Crippen LogP contribution in [0, 0.1) is 0 Å². The number of aromatic hydroxyl groups is 1. The molecule has 0 fully saturated rings. The molecular formula is C17H13NO8S2. The van der Waals surface area contributed by atoms with Gasteiger partial charge in [0.1, 0.15) is 10.6 Å². The number of amides is 1. The Morgan fingerprint density at radius 1 is 0.750 bits per heavy atom. The van der Waals surface area contributed by atoms with Crippen molar-refractivity contribution in [2.24, 2.45) is 0 Å². The Kier molecular flexibility index (Phi) is 4.85. The summed E-state index contributed by atoms with van der Waals surface area (Å²) < 4.78 is 66.6. The summed E-state index contributed by atoms with van der Waals surface area (Å²) in [5.74, 6) is -1.88. The van der Waals surface area contributed by atoms with E-state index in [0.29, 0.717) is 0 Å². The molecule has 0 radical (unpaired) electrons. The third-order valence-corrected chi connectivity index (χ3v) is 5.86. The molecule has 0 aliphatic heterocycles. The Bertz CT molecular complexity index is 1300. The molecule has 0 spiro atoms. The number of rotatable bonds is 4. The van der Waals surface area contributed by atoms with Crippen LogP contribution < -0.4 is 5.32 Å². The first-order valence-corrected chi connectivity index (χ1v) is 10.5. The van der Waals surface area contributed by atoms with Gasteiger partial charge in [-0.05, 0) is 12.1 Å². The minimum Gasteiger partial charge on any atom is -0.506 e. The Balaban J connectivity index is 2.44. The Labute approximate surface area is 159 Å². The molecular weight excluding hydrogens is 410 g/mol. The molecule has 0 saturated heterocycles. The molecule has 0 aliphatic rings. The first kappa shape index (κ1) is 19.8. The molecule has 0 aromatic heterocycles. The average molecular weight is 423 g/mol. The summed E-state index contributed by atoms with van der Waals surface area (Å²) in [7, 11) is -10.6. The molecule has 146 valence electrons. The summed E-state index contributed by atoms with van der Waals surface area (Å²) >= 11 is 0. The van der Waals surface area contributed by atoms with Gasteiger partial charge >= 0.3 is 0 Å². The zero-order valence-corrected chi connectivity index (χ0v) is 15.5. The largest absolute Gasteiger partial charge is 0.506 e. The van der Waals surface area contributed by atoms with E-state index in [1.165, 1.54) is 36.4 Å². The molecule has 0 unspecified atom stereocenters. The van der Waals surface area contributed by atoms with Crippen LogP contribution in [0.2, 0.25) is 0 Å². The first-order chi connectivity index (χ1) is 13.0. The van der Waals surface area contributed by atoms with E-state index < -0.39 is 47.4 Å². The molecule has 3 aromatic carbocycles. The van der Waals surface area contributed by atoms with Gasteiger partial charge in [-0.25, -0.2) is 0 Å². The molecule has 0 bridgehead atoms. The van der Waals surface area contributed by atoms with Gasteiger partial charge in [0.15, 0.2) is 4.90 Å². The van der Waals surface area contributed by atoms with Crippen LogP contribution in [0.25, 0.3) is 10.8 Å². The van der Waals surface area contributed by atoms with E-state index in [-0.39, 0.29) is 16.3 Å². The van der Waals surface area contributed by atoms with Crippen molar-refractivity contribution in [3.8, 4) is 5.75 Å². The Morgan fingerprint density at radius 2 is 1.25 bits per heavy atom. The lowest BCUT2D eigenvalue weighted by Crippen LogP contribution is -2.18. The maximum atomic E-state index is 12.5. The summed E-state index contributed by atoms with van der Waals surface area (Å²) in [4.78, 5) is 9.75. The van der Waals surface area contributed by atoms with Gasteiger partial charge in [0.2, 0.25) is 0 Å². The summed E-state index contributed by atoms with van der Waals surface area (Å²) in [6, 6.07) is 13.0. The van der Waals surface area contributed by atoms with E-state index >= 15 is 0 Å². The highest BCUT2D eigenvalue weighted by molar-refractivity contribution is 7.89. The van der Waals surface area contributed by atoms with Gasteiger partial charge < -0.3 is 10.4 Å². The van der Waals surface area contributed by atoms with Gasteiger partial charge in [0.05, 0.1) is 5.69 Å². The molecule has 11 heteroatoms. The second-order valence-electron chi connectivity index (χ2n) is 5.70. The number of nitrogens with one attached hydrogen (secondary N) is 1. The fraction of sp³-hybridized carbons (Fsp3) is 0. The Hall–Kier alpha value is -2.99. The molecule has 0 saturated carbocycles. The maximum Gasteiger partial charge on any atom is 0.299 e. The minimum atomic E-state index is -5.30. The Morgan fingerprint density at radius 3 is 1.79 bits per heavy atom. The predicted molar refractivity (Wildman–Crippen MR) is 99.6 cm³/mol. The average Bonchev–Trinajstić information content (AvgIpc) is 2.62. The number of carbonyl (C=O) groups is 1. The van der Waals surface area contributed by atoms with Crippen LogP contribution in [-0.2, 0) is 20.2 Å². The number of fused-ring (bicyclic) bond motifs is 1. The first-order valence-electron chi connectivity index (χ1n) is 7.61. The molecule has 3 aromatic rings. The smallest absolute Gasteiger partial charge is 0.299 e. The van der Waals surface area contributed by atoms with Gasteiger partial charge in [-0.3, -0.25) is 13.9 Å². The third-order valence-electron chi connectivity index (χ3n) is 3.89. The normalized spacial score (nSPS) is 12.1. The summed E-state index contributed by atoms with van der Waals surface area (Å²) in [6.07, 6.45) is 0. The number of hydrogen-bond acceptors (Lipinski definition) is 6. The lowest BCUT2D eigenvalue weighted by Gasteiger charge is -2.17. The third kappa shape index (κ3) is 3.55. The minimum absolute atomic E-state index is 0.0655. The second kappa shape index (κ2) is 6.87.